The number of nitrogens with zero attached hydrogens (tertiary/aromatic N) is 4. The van der Waals surface area contributed by atoms with Gasteiger partial charge in [0.2, 0.25) is 0 Å². The third-order valence-electron chi connectivity index (χ3n) is 3.07. The highest BCUT2D eigenvalue weighted by molar-refractivity contribution is 6.03. The molecule has 0 unspecified atom stereocenters. The number of hydrogen-bond donors (Lipinski definition) is 1. The van der Waals surface area contributed by atoms with E-state index in [4.69, 9.17) is 4.42 Å². The van der Waals surface area contributed by atoms with Gasteiger partial charge in [-0.25, -0.2) is 9.97 Å². The predicted octanol–water partition coefficient (Wildman–Crippen LogP) is 2.35. The zero-order valence-corrected chi connectivity index (χ0v) is 11.6. The maximum Gasteiger partial charge on any atom is 0.251 e. The fraction of sp³-hybridized carbons (Fsp3) is 0.462. The summed E-state index contributed by atoms with van der Waals surface area (Å²) in [5.41, 5.74) is 3.12. The van der Waals surface area contributed by atoms with Gasteiger partial charge in [0, 0.05) is 20.5 Å². The van der Waals surface area contributed by atoms with Crippen LogP contribution in [-0.2, 0) is 13.5 Å². The van der Waals surface area contributed by atoms with Crippen LogP contribution in [0.2, 0.25) is 0 Å². The van der Waals surface area contributed by atoms with E-state index in [1.54, 1.807) is 6.33 Å². The highest BCUT2D eigenvalue weighted by Gasteiger charge is 2.17. The number of anilines is 1. The minimum atomic E-state index is 0.499. The van der Waals surface area contributed by atoms with Crippen molar-refractivity contribution in [2.24, 2.45) is 13.0 Å². The van der Waals surface area contributed by atoms with Crippen LogP contribution < -0.4 is 5.32 Å². The maximum atomic E-state index is 5.75. The number of oxazole rings is 1. The van der Waals surface area contributed by atoms with Crippen molar-refractivity contribution in [3.05, 3.63) is 12.2 Å². The number of hydrogen-bond acceptors (Lipinski definition) is 5. The van der Waals surface area contributed by atoms with Crippen LogP contribution in [0.3, 0.4) is 0 Å². The molecule has 0 fully saturated rings. The first-order valence-corrected chi connectivity index (χ1v) is 6.38. The molecule has 1 N–H and O–H groups in total. The molecule has 0 aliphatic carbocycles. The summed E-state index contributed by atoms with van der Waals surface area (Å²) in [5.74, 6) is 1.95. The molecular weight excluding hydrogens is 242 g/mol. The van der Waals surface area contributed by atoms with Gasteiger partial charge in [-0.2, -0.15) is 4.98 Å². The van der Waals surface area contributed by atoms with Crippen LogP contribution in [0.15, 0.2) is 10.7 Å². The van der Waals surface area contributed by atoms with Crippen molar-refractivity contribution >= 4 is 28.1 Å². The predicted molar refractivity (Wildman–Crippen MR) is 74.2 cm³/mol. The van der Waals surface area contributed by atoms with Crippen molar-refractivity contribution in [3.8, 4) is 0 Å². The van der Waals surface area contributed by atoms with Crippen molar-refractivity contribution in [1.29, 1.82) is 0 Å². The fourth-order valence-electron chi connectivity index (χ4n) is 2.23. The molecule has 6 heteroatoms. The van der Waals surface area contributed by atoms with E-state index in [9.17, 15) is 0 Å². The second-order valence-electron chi connectivity index (χ2n) is 5.12. The van der Waals surface area contributed by atoms with Gasteiger partial charge in [0.1, 0.15) is 11.0 Å². The Hall–Kier alpha value is -2.11. The fourth-order valence-corrected chi connectivity index (χ4v) is 2.23. The molecule has 6 nitrogen and oxygen atoms in total. The van der Waals surface area contributed by atoms with Crippen LogP contribution in [-0.4, -0.2) is 26.6 Å². The second-order valence-corrected chi connectivity index (χ2v) is 5.12. The number of nitrogens with one attached hydrogen (secondary N) is 1. The largest absolute Gasteiger partial charge is 0.422 e. The van der Waals surface area contributed by atoms with E-state index in [0.717, 1.165) is 34.7 Å². The molecule has 0 aromatic carbocycles. The van der Waals surface area contributed by atoms with Crippen LogP contribution in [0.4, 0.5) is 5.82 Å². The van der Waals surface area contributed by atoms with E-state index in [0.29, 0.717) is 11.6 Å². The molecule has 0 saturated heterocycles. The van der Waals surface area contributed by atoms with Crippen molar-refractivity contribution in [3.63, 3.8) is 0 Å². The molecule has 19 heavy (non-hydrogen) atoms. The van der Waals surface area contributed by atoms with Gasteiger partial charge in [-0.05, 0) is 5.92 Å². The Morgan fingerprint density at radius 3 is 2.79 bits per heavy atom. The van der Waals surface area contributed by atoms with Gasteiger partial charge < -0.3 is 14.3 Å². The lowest BCUT2D eigenvalue weighted by Gasteiger charge is -2.00. The molecule has 0 spiro atoms. The number of pyridine rings is 1. The molecule has 0 saturated carbocycles. The van der Waals surface area contributed by atoms with Crippen molar-refractivity contribution in [1.82, 2.24) is 19.5 Å². The molecule has 3 rings (SSSR count). The summed E-state index contributed by atoms with van der Waals surface area (Å²) < 4.78 is 7.70. The number of rotatable bonds is 3. The van der Waals surface area contributed by atoms with Crippen LogP contribution in [0, 0.1) is 5.92 Å². The summed E-state index contributed by atoms with van der Waals surface area (Å²) in [5, 5.41) is 3.05. The van der Waals surface area contributed by atoms with Crippen LogP contribution in [0.1, 0.15) is 19.7 Å². The lowest BCUT2D eigenvalue weighted by Crippen LogP contribution is -1.95. The summed E-state index contributed by atoms with van der Waals surface area (Å²) in [6, 6.07) is 0. The quantitative estimate of drug-likeness (QED) is 0.782. The third-order valence-corrected chi connectivity index (χ3v) is 3.07. The van der Waals surface area contributed by atoms with Gasteiger partial charge >= 0.3 is 0 Å². The number of fused-ring (bicyclic) bond motifs is 3. The van der Waals surface area contributed by atoms with Gasteiger partial charge in [0.15, 0.2) is 17.2 Å². The van der Waals surface area contributed by atoms with Gasteiger partial charge in [0.05, 0.1) is 6.33 Å². The highest BCUT2D eigenvalue weighted by atomic mass is 16.4. The monoisotopic (exact) mass is 259 g/mol. The summed E-state index contributed by atoms with van der Waals surface area (Å²) in [4.78, 5) is 13.4. The van der Waals surface area contributed by atoms with Crippen LogP contribution in [0.5, 0.6) is 0 Å². The average Bonchev–Trinajstić information content (AvgIpc) is 2.90. The SMILES string of the molecule is CNc1nc2oc(CC(C)C)nc2c2c1ncn2C. The Labute approximate surface area is 110 Å². The van der Waals surface area contributed by atoms with Crippen LogP contribution >= 0.6 is 0 Å². The Morgan fingerprint density at radius 1 is 1.32 bits per heavy atom. The third kappa shape index (κ3) is 1.83. The summed E-state index contributed by atoms with van der Waals surface area (Å²) >= 11 is 0. The van der Waals surface area contributed by atoms with E-state index in [2.05, 4.69) is 34.1 Å². The van der Waals surface area contributed by atoms with E-state index in [1.165, 1.54) is 0 Å². The maximum absolute atomic E-state index is 5.75. The van der Waals surface area contributed by atoms with Crippen molar-refractivity contribution in [2.75, 3.05) is 12.4 Å². The smallest absolute Gasteiger partial charge is 0.251 e. The molecule has 0 atom stereocenters. The molecule has 0 radical (unpaired) electrons. The Balaban J connectivity index is 2.31. The van der Waals surface area contributed by atoms with Gasteiger partial charge in [-0.3, -0.25) is 0 Å². The zero-order valence-electron chi connectivity index (χ0n) is 11.6. The molecule has 100 valence electrons. The second kappa shape index (κ2) is 4.22. The molecule has 0 bridgehead atoms. The molecule has 0 aliphatic rings. The number of aromatic nitrogens is 4. The normalized spacial score (nSPS) is 11.8. The molecule has 3 aromatic rings. The lowest BCUT2D eigenvalue weighted by molar-refractivity contribution is 0.477. The van der Waals surface area contributed by atoms with Gasteiger partial charge in [-0.15, -0.1) is 0 Å². The van der Waals surface area contributed by atoms with Crippen LogP contribution in [0.25, 0.3) is 22.3 Å². The Morgan fingerprint density at radius 2 is 2.11 bits per heavy atom. The molecule has 0 amide bonds. The number of imidazole rings is 1. The summed E-state index contributed by atoms with van der Waals surface area (Å²) in [6.07, 6.45) is 2.58. The standard InChI is InChI=1S/C13H17N5O/c1-7(2)5-8-16-10-11-9(15-6-18(11)4)12(14-3)17-13(10)19-8/h6-7H,5H2,1-4H3,(H,14,17). The minimum absolute atomic E-state index is 0.499. The van der Waals surface area contributed by atoms with Crippen molar-refractivity contribution in [2.45, 2.75) is 20.3 Å². The topological polar surface area (TPSA) is 68.8 Å². The number of aryl methyl sites for hydroxylation is 1. The summed E-state index contributed by atoms with van der Waals surface area (Å²) in [6.45, 7) is 4.28. The first-order valence-electron chi connectivity index (χ1n) is 6.38. The first-order chi connectivity index (χ1) is 9.10. The summed E-state index contributed by atoms with van der Waals surface area (Å²) in [7, 11) is 3.78. The highest BCUT2D eigenvalue weighted by Crippen LogP contribution is 2.28. The molecule has 3 aromatic heterocycles. The Bertz CT molecular complexity index is 740. The molecule has 0 aliphatic heterocycles. The van der Waals surface area contributed by atoms with E-state index >= 15 is 0 Å². The molecular formula is C13H17N5O. The zero-order chi connectivity index (χ0) is 13.6. The van der Waals surface area contributed by atoms with Crippen molar-refractivity contribution < 1.29 is 4.42 Å². The van der Waals surface area contributed by atoms with Gasteiger partial charge in [-0.1, -0.05) is 13.8 Å². The lowest BCUT2D eigenvalue weighted by atomic mass is 10.1. The van der Waals surface area contributed by atoms with E-state index < -0.39 is 0 Å². The average molecular weight is 259 g/mol. The molecule has 3 heterocycles. The minimum Gasteiger partial charge on any atom is -0.422 e. The Kier molecular flexibility index (Phi) is 2.66. The van der Waals surface area contributed by atoms with E-state index in [1.807, 2.05) is 18.7 Å². The first kappa shape index (κ1) is 12.0. The van der Waals surface area contributed by atoms with Gasteiger partial charge in [0.25, 0.3) is 5.71 Å². The van der Waals surface area contributed by atoms with E-state index in [-0.39, 0.29) is 0 Å².